The van der Waals surface area contributed by atoms with Gasteiger partial charge in [-0.3, -0.25) is 9.59 Å². The standard InChI is InChI=1S/C21H25N3O3/c1-14(20(25)23-13-17-9-5-6-10-19(17)27-2)24-21(26)18-11-15-7-3-4-8-16(15)12-22-18/h3-10,14,18,22H,11-13H2,1-2H3,(H,23,25)(H,24,26)/p+1/t14-,18-/m0/s1. The van der Waals surface area contributed by atoms with Gasteiger partial charge in [0.1, 0.15) is 18.3 Å². The van der Waals surface area contributed by atoms with Crippen LogP contribution >= 0.6 is 0 Å². The quantitative estimate of drug-likeness (QED) is 0.694. The summed E-state index contributed by atoms with van der Waals surface area (Å²) in [4.78, 5) is 24.9. The molecule has 0 aromatic heterocycles. The summed E-state index contributed by atoms with van der Waals surface area (Å²) < 4.78 is 5.29. The highest BCUT2D eigenvalue weighted by atomic mass is 16.5. The first-order valence-corrected chi connectivity index (χ1v) is 9.18. The summed E-state index contributed by atoms with van der Waals surface area (Å²) >= 11 is 0. The van der Waals surface area contributed by atoms with Crippen LogP contribution in [0, 0.1) is 0 Å². The molecular weight excluding hydrogens is 342 g/mol. The fourth-order valence-electron chi connectivity index (χ4n) is 3.32. The van der Waals surface area contributed by atoms with E-state index in [1.807, 2.05) is 41.7 Å². The molecule has 1 aliphatic heterocycles. The molecule has 1 aliphatic rings. The zero-order chi connectivity index (χ0) is 19.2. The molecule has 0 fully saturated rings. The Bertz CT molecular complexity index is 822. The number of ether oxygens (including phenoxy) is 1. The summed E-state index contributed by atoms with van der Waals surface area (Å²) in [5.41, 5.74) is 3.36. The van der Waals surface area contributed by atoms with Gasteiger partial charge in [0.05, 0.1) is 7.11 Å². The number of para-hydroxylation sites is 1. The number of rotatable bonds is 6. The molecule has 6 heteroatoms. The highest BCUT2D eigenvalue weighted by Gasteiger charge is 2.29. The van der Waals surface area contributed by atoms with Gasteiger partial charge in [-0.25, -0.2) is 0 Å². The van der Waals surface area contributed by atoms with Crippen LogP contribution < -0.4 is 20.7 Å². The van der Waals surface area contributed by atoms with Crippen molar-refractivity contribution >= 4 is 11.8 Å². The molecule has 142 valence electrons. The second kappa shape index (κ2) is 8.68. The van der Waals surface area contributed by atoms with Gasteiger partial charge in [-0.1, -0.05) is 42.5 Å². The van der Waals surface area contributed by atoms with E-state index in [4.69, 9.17) is 4.74 Å². The normalized spacial score (nSPS) is 16.7. The van der Waals surface area contributed by atoms with E-state index in [0.29, 0.717) is 13.0 Å². The molecule has 2 aromatic carbocycles. The molecule has 0 spiro atoms. The second-order valence-corrected chi connectivity index (χ2v) is 6.78. The van der Waals surface area contributed by atoms with Crippen LogP contribution in [0.15, 0.2) is 48.5 Å². The van der Waals surface area contributed by atoms with Gasteiger partial charge in [0.15, 0.2) is 6.04 Å². The van der Waals surface area contributed by atoms with Gasteiger partial charge in [-0.15, -0.1) is 0 Å². The molecule has 0 saturated heterocycles. The van der Waals surface area contributed by atoms with E-state index in [1.54, 1.807) is 14.0 Å². The molecular formula is C21H26N3O3+. The van der Waals surface area contributed by atoms with Crippen molar-refractivity contribution in [1.82, 2.24) is 10.6 Å². The number of nitrogens with two attached hydrogens (primary N) is 1. The summed E-state index contributed by atoms with van der Waals surface area (Å²) in [5, 5.41) is 7.71. The van der Waals surface area contributed by atoms with Crippen molar-refractivity contribution in [3.8, 4) is 5.75 Å². The fraction of sp³-hybridized carbons (Fsp3) is 0.333. The molecule has 0 radical (unpaired) electrons. The third-order valence-corrected chi connectivity index (χ3v) is 4.91. The number of carbonyl (C=O) groups is 2. The number of hydrogen-bond donors (Lipinski definition) is 3. The van der Waals surface area contributed by atoms with Crippen LogP contribution in [0.4, 0.5) is 0 Å². The molecule has 6 nitrogen and oxygen atoms in total. The van der Waals surface area contributed by atoms with Crippen molar-refractivity contribution in [3.05, 3.63) is 65.2 Å². The molecule has 1 heterocycles. The number of carbonyl (C=O) groups excluding carboxylic acids is 2. The smallest absolute Gasteiger partial charge is 0.279 e. The molecule has 2 aromatic rings. The van der Waals surface area contributed by atoms with Crippen molar-refractivity contribution in [2.24, 2.45) is 0 Å². The molecule has 0 aliphatic carbocycles. The molecule has 4 N–H and O–H groups in total. The average Bonchev–Trinajstić information content (AvgIpc) is 2.71. The van der Waals surface area contributed by atoms with Gasteiger partial charge in [-0.05, 0) is 18.6 Å². The Kier molecular flexibility index (Phi) is 6.08. The van der Waals surface area contributed by atoms with E-state index < -0.39 is 6.04 Å². The maximum absolute atomic E-state index is 12.6. The maximum atomic E-state index is 12.6. The predicted molar refractivity (Wildman–Crippen MR) is 102 cm³/mol. The van der Waals surface area contributed by atoms with Crippen LogP contribution in [0.25, 0.3) is 0 Å². The average molecular weight is 368 g/mol. The Balaban J connectivity index is 1.51. The fourth-order valence-corrected chi connectivity index (χ4v) is 3.32. The number of methoxy groups -OCH3 is 1. The summed E-state index contributed by atoms with van der Waals surface area (Å²) in [6, 6.07) is 14.9. The molecule has 0 saturated carbocycles. The number of nitrogens with one attached hydrogen (secondary N) is 2. The molecule has 2 amide bonds. The largest absolute Gasteiger partial charge is 0.496 e. The number of fused-ring (bicyclic) bond motifs is 1. The zero-order valence-corrected chi connectivity index (χ0v) is 15.7. The van der Waals surface area contributed by atoms with E-state index in [9.17, 15) is 9.59 Å². The molecule has 2 atom stereocenters. The first-order chi connectivity index (χ1) is 13.1. The van der Waals surface area contributed by atoms with Gasteiger partial charge in [-0.2, -0.15) is 0 Å². The number of benzene rings is 2. The van der Waals surface area contributed by atoms with E-state index >= 15 is 0 Å². The van der Waals surface area contributed by atoms with E-state index in [-0.39, 0.29) is 17.9 Å². The van der Waals surface area contributed by atoms with Gasteiger partial charge in [0, 0.05) is 24.1 Å². The lowest BCUT2D eigenvalue weighted by Gasteiger charge is -2.23. The summed E-state index contributed by atoms with van der Waals surface area (Å²) in [7, 11) is 1.60. The van der Waals surface area contributed by atoms with Crippen molar-refractivity contribution in [3.63, 3.8) is 0 Å². The lowest BCUT2D eigenvalue weighted by molar-refractivity contribution is -0.695. The van der Waals surface area contributed by atoms with E-state index in [2.05, 4.69) is 22.8 Å². The summed E-state index contributed by atoms with van der Waals surface area (Å²) in [5.74, 6) is 0.403. The molecule has 0 unspecified atom stereocenters. The Hall–Kier alpha value is -2.86. The van der Waals surface area contributed by atoms with Gasteiger partial charge >= 0.3 is 0 Å². The van der Waals surface area contributed by atoms with Gasteiger partial charge in [0.2, 0.25) is 5.91 Å². The summed E-state index contributed by atoms with van der Waals surface area (Å²) in [6.07, 6.45) is 0.678. The van der Waals surface area contributed by atoms with Crippen molar-refractivity contribution < 1.29 is 19.6 Å². The number of hydrogen-bond acceptors (Lipinski definition) is 3. The van der Waals surface area contributed by atoms with Crippen molar-refractivity contribution in [2.75, 3.05) is 7.11 Å². The monoisotopic (exact) mass is 368 g/mol. The molecule has 0 bridgehead atoms. The van der Waals surface area contributed by atoms with Crippen LogP contribution in [0.5, 0.6) is 5.75 Å². The highest BCUT2D eigenvalue weighted by molar-refractivity contribution is 5.89. The minimum Gasteiger partial charge on any atom is -0.496 e. The molecule has 27 heavy (non-hydrogen) atoms. The highest BCUT2D eigenvalue weighted by Crippen LogP contribution is 2.16. The lowest BCUT2D eigenvalue weighted by Crippen LogP contribution is -2.93. The van der Waals surface area contributed by atoms with Crippen LogP contribution in [0.1, 0.15) is 23.6 Å². The third-order valence-electron chi connectivity index (χ3n) is 4.91. The first kappa shape index (κ1) is 18.9. The van der Waals surface area contributed by atoms with E-state index in [1.165, 1.54) is 11.1 Å². The van der Waals surface area contributed by atoms with Crippen LogP contribution in [0.3, 0.4) is 0 Å². The van der Waals surface area contributed by atoms with Crippen molar-refractivity contribution in [2.45, 2.75) is 38.5 Å². The van der Waals surface area contributed by atoms with Gasteiger partial charge < -0.3 is 20.7 Å². The Morgan fingerprint density at radius 1 is 1.15 bits per heavy atom. The minimum absolute atomic E-state index is 0.107. The third kappa shape index (κ3) is 4.65. The van der Waals surface area contributed by atoms with Crippen molar-refractivity contribution in [1.29, 1.82) is 0 Å². The van der Waals surface area contributed by atoms with Crippen LogP contribution in [-0.4, -0.2) is 31.0 Å². The molecule has 3 rings (SSSR count). The zero-order valence-electron chi connectivity index (χ0n) is 15.7. The minimum atomic E-state index is -0.599. The summed E-state index contributed by atoms with van der Waals surface area (Å²) in [6.45, 7) is 2.83. The Morgan fingerprint density at radius 3 is 2.63 bits per heavy atom. The predicted octanol–water partition coefficient (Wildman–Crippen LogP) is 0.504. The first-order valence-electron chi connectivity index (χ1n) is 9.18. The maximum Gasteiger partial charge on any atom is 0.279 e. The number of amides is 2. The van der Waals surface area contributed by atoms with Crippen LogP contribution in [-0.2, 0) is 29.1 Å². The Morgan fingerprint density at radius 2 is 1.85 bits per heavy atom. The topological polar surface area (TPSA) is 84.0 Å². The SMILES string of the molecule is COc1ccccc1CNC(=O)[C@H](C)NC(=O)[C@@H]1Cc2ccccc2C[NH2+]1. The Labute approximate surface area is 159 Å². The van der Waals surface area contributed by atoms with Crippen LogP contribution in [0.2, 0.25) is 0 Å². The van der Waals surface area contributed by atoms with Gasteiger partial charge in [0.25, 0.3) is 5.91 Å². The van der Waals surface area contributed by atoms with E-state index in [0.717, 1.165) is 17.9 Å². The second-order valence-electron chi connectivity index (χ2n) is 6.78. The number of quaternary nitrogens is 1. The lowest BCUT2D eigenvalue weighted by atomic mass is 9.95.